The van der Waals surface area contributed by atoms with Crippen LogP contribution in [0, 0.1) is 55.2 Å². The fraction of sp³-hybridized carbons (Fsp3) is 0.556. The summed E-state index contributed by atoms with van der Waals surface area (Å²) >= 11 is 0. The van der Waals surface area contributed by atoms with Crippen molar-refractivity contribution in [1.29, 1.82) is 0 Å². The first-order chi connectivity index (χ1) is 67.3. The summed E-state index contributed by atoms with van der Waals surface area (Å²) in [6.45, 7) is 28.1. The van der Waals surface area contributed by atoms with Gasteiger partial charge in [0.05, 0.1) is 42.8 Å². The Morgan fingerprint density at radius 1 is 0.414 bits per heavy atom. The molecule has 2 amide bonds. The molecule has 28 nitrogen and oxygen atoms in total. The van der Waals surface area contributed by atoms with Crippen molar-refractivity contribution in [3.05, 3.63) is 204 Å². The number of fused-ring (bicyclic) bond motifs is 1. The zero-order chi connectivity index (χ0) is 97.6. The van der Waals surface area contributed by atoms with Crippen LogP contribution in [0.4, 0.5) is 41.6 Å². The van der Waals surface area contributed by atoms with Gasteiger partial charge in [-0.05, 0) is 283 Å². The first-order valence-corrected chi connectivity index (χ1v) is 50.9. The zero-order valence-electron chi connectivity index (χ0n) is 79.2. The lowest BCUT2D eigenvalue weighted by molar-refractivity contribution is -0.140. The number of nitrogens with zero attached hydrogens (tertiary/aromatic N) is 9. The van der Waals surface area contributed by atoms with Crippen molar-refractivity contribution in [3.8, 4) is 34.5 Å². The predicted octanol–water partition coefficient (Wildman–Crippen LogP) is 11.6. The van der Waals surface area contributed by atoms with Crippen molar-refractivity contribution >= 4 is 69.2 Å². The number of carbonyl (C=O) groups is 5. The number of amides is 2. The van der Waals surface area contributed by atoms with Gasteiger partial charge in [-0.2, -0.15) is 13.2 Å². The second-order valence-corrected chi connectivity index (χ2v) is 44.4. The molecule has 11 heterocycles. The van der Waals surface area contributed by atoms with Crippen LogP contribution in [0.15, 0.2) is 97.1 Å². The standard InChI is InChI=1S/C18H18F3NO2.C18H20N2O3.C18H22N2O3.C18H20N2O2.2C18H18N2O2.O3S/c1-22-7-6-17-10-4-5-13(23)16(17)24-15-11(18(19,20)21)3-2-9(14(15)17)8-12(10)22;1-20-7-6-18-11-3-5-14(22)17(18)23-16-12(19-9-21)4-2-10(15(16)18)8-13(11)20;1-20-7-6-18-9-12(22)3-4-13(18)15(20)8-11-2-5-14(19-10-21)17(23)16(11)18;3*1-19-12-5-3-10-9-13-11-4-6-14(21)17-18(11,7-8-20(13)2)15(10)16(12)22-17;1-4(2)3/h2-5,10,12-13,16,23H,6-8H2,1H3;2,4,9,11,13,17H,3,5-8H2,1H3,(H,19,21);2,5,10,13,15,23H,3-4,6-9H2,1H3,(H,19,21);3,5,11,13-14,17,21H,4,6-9H2,2H3;3,5,11,13,17H,4,6-9H2,2H3;3-6,11,13-14,17,21H,7-9H2,2H3;/t10-,12+,13-,16-,17-;11-,13+,17-,18-;13-,15+,18-;11-,13+,14-,17-,18-;11-,13+,17-,18-;11-,13+,14-,17-,18-;/m000000./s1. The quantitative estimate of drug-likeness (QED) is 0.0413. The summed E-state index contributed by atoms with van der Waals surface area (Å²) in [4.78, 5) is 84.7. The van der Waals surface area contributed by atoms with E-state index in [9.17, 15) is 57.6 Å². The van der Waals surface area contributed by atoms with Gasteiger partial charge < -0.3 is 84.1 Å². The number of aliphatic hydroxyl groups is 3. The molecule has 10 fully saturated rings. The lowest BCUT2D eigenvalue weighted by Gasteiger charge is -2.58. The molecule has 12 aliphatic carbocycles. The molecule has 29 rings (SSSR count). The van der Waals surface area contributed by atoms with Gasteiger partial charge in [-0.1, -0.05) is 78.9 Å². The molecule has 26 atom stereocenters. The molecule has 12 bridgehead atoms. The molecule has 6 N–H and O–H groups in total. The minimum atomic E-state index is -4.45. The maximum absolute atomic E-state index is 13.5. The molecular weight excluding hydrogens is 1810 g/mol. The van der Waals surface area contributed by atoms with E-state index in [1.807, 2.05) is 42.5 Å². The number of benzene rings is 6. The minimum Gasteiger partial charge on any atom is -0.505 e. The van der Waals surface area contributed by atoms with Gasteiger partial charge in [-0.15, -0.1) is 12.6 Å². The highest BCUT2D eigenvalue weighted by Crippen LogP contribution is 2.71. The van der Waals surface area contributed by atoms with Gasteiger partial charge in [0.2, 0.25) is 29.9 Å². The molecule has 6 saturated heterocycles. The van der Waals surface area contributed by atoms with Crippen LogP contribution < -0.4 is 34.3 Å². The molecule has 4 saturated carbocycles. The van der Waals surface area contributed by atoms with E-state index in [1.165, 1.54) is 44.5 Å². The van der Waals surface area contributed by atoms with Crippen molar-refractivity contribution in [2.75, 3.05) is 92.2 Å². The normalized spacial score (nSPS) is 37.4. The van der Waals surface area contributed by atoms with Crippen LogP contribution >= 0.6 is 0 Å². The number of nitrogens with one attached hydrogen (secondary N) is 2. The maximum Gasteiger partial charge on any atom is 0.425 e. The number of anilines is 2. The largest absolute Gasteiger partial charge is 0.505 e. The number of Topliss-reactive ketones (excluding diaryl/α,β-unsaturated/α-hetero) is 3. The van der Waals surface area contributed by atoms with Crippen molar-refractivity contribution in [2.24, 2.45) is 35.5 Å². The van der Waals surface area contributed by atoms with Crippen LogP contribution in [-0.4, -0.2) is 259 Å². The van der Waals surface area contributed by atoms with E-state index >= 15 is 0 Å². The molecule has 0 aromatic heterocycles. The van der Waals surface area contributed by atoms with E-state index in [0.29, 0.717) is 145 Å². The van der Waals surface area contributed by atoms with E-state index in [0.717, 1.165) is 188 Å². The lowest BCUT2D eigenvalue weighted by atomic mass is 9.51. The Morgan fingerprint density at radius 2 is 0.771 bits per heavy atom. The Balaban J connectivity index is 0.0000000930. The van der Waals surface area contributed by atoms with E-state index < -0.39 is 52.2 Å². The SMILES string of the molecule is CN1CC[C@]23CC(=O)CC[C@H]2[C@H]1Cc1ccc(NC=O)c(O)c13.CN1CC[C@]23c4c5ccc(C(F)(F)F)c4O[C@H]2[C@@H](O)C=C[C@H]3[C@H]1C5.CN1CC[C@]23c4c5ccc(NC=O)c4O[C@H]2C(=O)CC[C@H]3[C@H]1C5.O=S(=O)=O.[C-]#[N+]c1ccc2c3c1O[C@H]1C(=O)CC[C@H]4[C@@H](C2)N(C)CC[C@]314.[C-]#[N+]c1ccc2c3c1O[C@H]1[C@@H](O)C=C[C@H]4[C@@H](C2)N(C)CC[C@@]341.[C-]#[N+]c1ccc2c3c1O[C@H]1[C@@H](O)CC[C@H]4[C@@H](C2)N(C)CC[C@@]341. The maximum atomic E-state index is 13.5. The van der Waals surface area contributed by atoms with E-state index in [2.05, 4.69) is 127 Å². The molecular formula is C108H116F3N11O17S. The number of hydrogen-bond acceptors (Lipinski definition) is 23. The number of phenolic OH excluding ortho intramolecular Hbond substituents is 1. The summed E-state index contributed by atoms with van der Waals surface area (Å²) in [7, 11) is 9.95. The number of ketones is 3. The number of phenols is 1. The number of alkyl halides is 3. The van der Waals surface area contributed by atoms with Gasteiger partial charge in [0.25, 0.3) is 0 Å². The average Bonchev–Trinajstić information content (AvgIpc) is 1.52. The fourth-order valence-corrected chi connectivity index (χ4v) is 33.2. The minimum absolute atomic E-state index is 0.0410. The third-order valence-electron chi connectivity index (χ3n) is 38.9. The number of aliphatic hydroxyl groups excluding tert-OH is 3. The highest BCUT2D eigenvalue weighted by molar-refractivity contribution is 7.59. The highest BCUT2D eigenvalue weighted by atomic mass is 32.2. The van der Waals surface area contributed by atoms with Crippen LogP contribution in [-0.2, 0) is 112 Å². The number of ether oxygens (including phenoxy) is 5. The average molecular weight is 1930 g/mol. The Morgan fingerprint density at radius 3 is 1.26 bits per heavy atom. The number of likely N-dealkylation sites (N-methyl/N-ethyl adjacent to an activating group) is 6. The first kappa shape index (κ1) is 92.8. The van der Waals surface area contributed by atoms with E-state index in [1.54, 1.807) is 18.2 Å². The summed E-state index contributed by atoms with van der Waals surface area (Å²) in [6, 6.07) is 25.2. The monoisotopic (exact) mass is 1930 g/mol. The third-order valence-corrected chi connectivity index (χ3v) is 38.9. The van der Waals surface area contributed by atoms with E-state index in [4.69, 9.17) is 56.0 Å². The lowest BCUT2D eigenvalue weighted by Crippen LogP contribution is -2.66. The van der Waals surface area contributed by atoms with Gasteiger partial charge in [-0.3, -0.25) is 24.0 Å². The van der Waals surface area contributed by atoms with Crippen molar-refractivity contribution in [2.45, 2.75) is 259 Å². The summed E-state index contributed by atoms with van der Waals surface area (Å²) in [5, 5.41) is 47.7. The molecule has 0 unspecified atom stereocenters. The Labute approximate surface area is 812 Å². The molecule has 11 aliphatic heterocycles. The van der Waals surface area contributed by atoms with Crippen LogP contribution in [0.5, 0.6) is 34.5 Å². The van der Waals surface area contributed by atoms with Crippen molar-refractivity contribution < 1.29 is 93.9 Å². The van der Waals surface area contributed by atoms with Gasteiger partial charge in [-0.25, -0.2) is 14.5 Å². The number of carbonyl (C=O) groups excluding carboxylic acids is 5. The zero-order valence-corrected chi connectivity index (χ0v) is 80.0. The number of hydrogen-bond donors (Lipinski definition) is 6. The van der Waals surface area contributed by atoms with E-state index in [-0.39, 0.29) is 86.5 Å². The third kappa shape index (κ3) is 13.0. The fourth-order valence-electron chi connectivity index (χ4n) is 33.2. The summed E-state index contributed by atoms with van der Waals surface area (Å²) in [6.07, 6.45) is 19.4. The van der Waals surface area contributed by atoms with Crippen molar-refractivity contribution in [3.63, 3.8) is 0 Å². The number of aromatic hydroxyl groups is 1. The molecule has 23 aliphatic rings. The molecule has 32 heteroatoms. The van der Waals surface area contributed by atoms with Crippen LogP contribution in [0.25, 0.3) is 14.5 Å². The molecule has 732 valence electrons. The second-order valence-electron chi connectivity index (χ2n) is 44.0. The topological polar surface area (TPSA) is 320 Å². The number of piperidine rings is 6. The second kappa shape index (κ2) is 33.6. The molecule has 6 aromatic carbocycles. The van der Waals surface area contributed by atoms with Crippen molar-refractivity contribution in [1.82, 2.24) is 29.4 Å². The van der Waals surface area contributed by atoms with Crippen LogP contribution in [0.3, 0.4) is 0 Å². The molecule has 0 radical (unpaired) electrons. The van der Waals surface area contributed by atoms with Crippen LogP contribution in [0.1, 0.15) is 169 Å². The first-order valence-electron chi connectivity index (χ1n) is 49.9. The highest BCUT2D eigenvalue weighted by Gasteiger charge is 2.72. The van der Waals surface area contributed by atoms with Gasteiger partial charge in [0.1, 0.15) is 70.8 Å². The molecule has 140 heavy (non-hydrogen) atoms. The predicted molar refractivity (Wildman–Crippen MR) is 508 cm³/mol. The molecule has 6 aromatic rings. The number of likely N-dealkylation sites (tertiary alicyclic amines) is 6. The van der Waals surface area contributed by atoms with Gasteiger partial charge >= 0.3 is 16.8 Å². The van der Waals surface area contributed by atoms with Crippen LogP contribution in [0.2, 0.25) is 0 Å². The summed E-state index contributed by atoms with van der Waals surface area (Å²) < 4.78 is 96.5. The smallest absolute Gasteiger partial charge is 0.425 e. The van der Waals surface area contributed by atoms with Gasteiger partial charge in [0.15, 0.2) is 23.8 Å². The summed E-state index contributed by atoms with van der Waals surface area (Å²) in [5.74, 6) is 6.26. The van der Waals surface area contributed by atoms with Gasteiger partial charge in [0, 0.05) is 123 Å². The Bertz CT molecular complexity index is 6540. The Kier molecular flexibility index (Phi) is 22.3. The number of rotatable bonds is 4. The molecule has 5 spiro atoms. The number of halogens is 3. The summed E-state index contributed by atoms with van der Waals surface area (Å²) in [5.41, 5.74) is 14.8. The Hall–Kier alpha value is -10.9.